The summed E-state index contributed by atoms with van der Waals surface area (Å²) in [4.78, 5) is 2.42. The fourth-order valence-electron chi connectivity index (χ4n) is 1.56. The minimum absolute atomic E-state index is 0.307. The lowest BCUT2D eigenvalue weighted by atomic mass is 10.1. The van der Waals surface area contributed by atoms with E-state index in [0.29, 0.717) is 17.0 Å². The van der Waals surface area contributed by atoms with E-state index in [0.717, 1.165) is 19.6 Å². The zero-order chi connectivity index (χ0) is 10.6. The maximum atomic E-state index is 7.19. The molecule has 0 unspecified atom stereocenters. The topological polar surface area (TPSA) is 53.1 Å². The van der Waals surface area contributed by atoms with Gasteiger partial charge < -0.3 is 10.6 Å². The van der Waals surface area contributed by atoms with E-state index in [1.807, 2.05) is 0 Å². The van der Waals surface area contributed by atoms with E-state index in [-0.39, 0.29) is 0 Å². The Morgan fingerprint density at radius 1 is 1.50 bits per heavy atom. The summed E-state index contributed by atoms with van der Waals surface area (Å²) in [6, 6.07) is 0. The summed E-state index contributed by atoms with van der Waals surface area (Å²) >= 11 is 2.05. The van der Waals surface area contributed by atoms with Gasteiger partial charge in [0, 0.05) is 30.0 Å². The number of thioether (sulfide) groups is 1. The van der Waals surface area contributed by atoms with Gasteiger partial charge in [0.2, 0.25) is 0 Å². The Labute approximate surface area is 90.9 Å². The quantitative estimate of drug-likeness (QED) is 0.554. The first-order valence-corrected chi connectivity index (χ1v) is 6.17. The Hall–Kier alpha value is -0.220. The van der Waals surface area contributed by atoms with E-state index in [9.17, 15) is 0 Å². The van der Waals surface area contributed by atoms with Gasteiger partial charge in [0.05, 0.1) is 5.84 Å². The molecule has 0 amide bonds. The summed E-state index contributed by atoms with van der Waals surface area (Å²) in [5, 5.41) is 7.19. The maximum absolute atomic E-state index is 7.19. The summed E-state index contributed by atoms with van der Waals surface area (Å²) < 4.78 is 0.422. The molecule has 0 aromatic carbocycles. The number of nitrogens with zero attached hydrogens (tertiary/aromatic N) is 1. The predicted octanol–water partition coefficient (Wildman–Crippen LogP) is 1.53. The van der Waals surface area contributed by atoms with Crippen LogP contribution < -0.4 is 5.73 Å². The molecule has 0 aromatic rings. The van der Waals surface area contributed by atoms with E-state index >= 15 is 0 Å². The molecule has 0 radical (unpaired) electrons. The Kier molecular flexibility index (Phi) is 4.26. The average molecular weight is 215 g/mol. The van der Waals surface area contributed by atoms with Crippen LogP contribution in [-0.2, 0) is 0 Å². The molecule has 0 aliphatic carbocycles. The highest BCUT2D eigenvalue weighted by Gasteiger charge is 2.23. The van der Waals surface area contributed by atoms with Crippen molar-refractivity contribution in [3.63, 3.8) is 0 Å². The molecule has 0 bridgehead atoms. The van der Waals surface area contributed by atoms with Gasteiger partial charge in [0.15, 0.2) is 0 Å². The average Bonchev–Trinajstić information content (AvgIpc) is 2.23. The van der Waals surface area contributed by atoms with Gasteiger partial charge in [-0.1, -0.05) is 13.8 Å². The number of nitrogens with one attached hydrogen (secondary N) is 1. The van der Waals surface area contributed by atoms with Crippen LogP contribution >= 0.6 is 11.8 Å². The summed E-state index contributed by atoms with van der Waals surface area (Å²) in [7, 11) is 0. The van der Waals surface area contributed by atoms with Gasteiger partial charge in [0.25, 0.3) is 0 Å². The first-order valence-electron chi connectivity index (χ1n) is 5.19. The summed E-state index contributed by atoms with van der Waals surface area (Å²) in [5.41, 5.74) is 5.35. The third kappa shape index (κ3) is 4.33. The molecular weight excluding hydrogens is 194 g/mol. The molecule has 3 N–H and O–H groups in total. The number of rotatable bonds is 3. The zero-order valence-electron chi connectivity index (χ0n) is 9.18. The second-order valence-corrected chi connectivity index (χ2v) is 6.28. The van der Waals surface area contributed by atoms with Gasteiger partial charge in [-0.15, -0.1) is 0 Å². The fourth-order valence-corrected chi connectivity index (χ4v) is 2.70. The van der Waals surface area contributed by atoms with Crippen molar-refractivity contribution >= 4 is 17.6 Å². The first kappa shape index (κ1) is 11.9. The number of amidine groups is 1. The van der Waals surface area contributed by atoms with E-state index < -0.39 is 0 Å². The predicted molar refractivity (Wildman–Crippen MR) is 64.1 cm³/mol. The molecule has 3 nitrogen and oxygen atoms in total. The zero-order valence-corrected chi connectivity index (χ0v) is 9.99. The van der Waals surface area contributed by atoms with Crippen LogP contribution in [0.3, 0.4) is 0 Å². The Morgan fingerprint density at radius 2 is 2.21 bits per heavy atom. The first-order chi connectivity index (χ1) is 6.49. The van der Waals surface area contributed by atoms with Crippen LogP contribution in [-0.4, -0.2) is 40.9 Å². The molecule has 1 aliphatic rings. The van der Waals surface area contributed by atoms with Crippen molar-refractivity contribution in [1.29, 1.82) is 5.41 Å². The van der Waals surface area contributed by atoms with Gasteiger partial charge in [0.1, 0.15) is 0 Å². The van der Waals surface area contributed by atoms with Gasteiger partial charge in [-0.3, -0.25) is 5.41 Å². The summed E-state index contributed by atoms with van der Waals surface area (Å²) in [6.45, 7) is 7.86. The molecule has 0 saturated carbocycles. The molecule has 1 heterocycles. The van der Waals surface area contributed by atoms with Crippen LogP contribution in [0, 0.1) is 5.41 Å². The van der Waals surface area contributed by atoms with Crippen LogP contribution in [0.5, 0.6) is 0 Å². The van der Waals surface area contributed by atoms with Crippen molar-refractivity contribution in [2.24, 2.45) is 5.73 Å². The Balaban J connectivity index is 2.31. The van der Waals surface area contributed by atoms with Crippen molar-refractivity contribution in [3.05, 3.63) is 0 Å². The van der Waals surface area contributed by atoms with Crippen molar-refractivity contribution in [2.45, 2.75) is 31.4 Å². The van der Waals surface area contributed by atoms with Crippen molar-refractivity contribution in [2.75, 3.05) is 25.4 Å². The van der Waals surface area contributed by atoms with Gasteiger partial charge >= 0.3 is 0 Å². The maximum Gasteiger partial charge on any atom is 0.0918 e. The van der Waals surface area contributed by atoms with Gasteiger partial charge in [-0.2, -0.15) is 11.8 Å². The minimum Gasteiger partial charge on any atom is -0.388 e. The van der Waals surface area contributed by atoms with Crippen LogP contribution in [0.1, 0.15) is 26.7 Å². The normalized spacial score (nSPS) is 23.0. The molecule has 1 aliphatic heterocycles. The molecule has 0 spiro atoms. The highest BCUT2D eigenvalue weighted by molar-refractivity contribution is 8.00. The summed E-state index contributed by atoms with van der Waals surface area (Å²) in [6.07, 6.45) is 1.95. The van der Waals surface area contributed by atoms with E-state index in [4.69, 9.17) is 11.1 Å². The van der Waals surface area contributed by atoms with Crippen LogP contribution in [0.25, 0.3) is 0 Å². The van der Waals surface area contributed by atoms with E-state index in [1.54, 1.807) is 0 Å². The van der Waals surface area contributed by atoms with Crippen molar-refractivity contribution in [1.82, 2.24) is 4.90 Å². The molecule has 1 saturated heterocycles. The molecule has 0 atom stereocenters. The third-order valence-corrected chi connectivity index (χ3v) is 4.00. The van der Waals surface area contributed by atoms with Crippen molar-refractivity contribution < 1.29 is 0 Å². The lowest BCUT2D eigenvalue weighted by molar-refractivity contribution is 0.292. The van der Waals surface area contributed by atoms with Crippen LogP contribution in [0.4, 0.5) is 0 Å². The van der Waals surface area contributed by atoms with Crippen LogP contribution in [0.15, 0.2) is 0 Å². The van der Waals surface area contributed by atoms with E-state index in [1.165, 1.54) is 12.2 Å². The number of hydrogen-bond acceptors (Lipinski definition) is 3. The third-order valence-electron chi connectivity index (χ3n) is 2.63. The minimum atomic E-state index is 0.307. The Bertz CT molecular complexity index is 204. The second-order valence-electron chi connectivity index (χ2n) is 4.48. The molecule has 1 rings (SSSR count). The van der Waals surface area contributed by atoms with Gasteiger partial charge in [-0.25, -0.2) is 0 Å². The van der Waals surface area contributed by atoms with Crippen LogP contribution in [0.2, 0.25) is 0 Å². The molecule has 82 valence electrons. The Morgan fingerprint density at radius 3 is 2.86 bits per heavy atom. The van der Waals surface area contributed by atoms with Crippen molar-refractivity contribution in [3.8, 4) is 0 Å². The molecular formula is C10H21N3S. The van der Waals surface area contributed by atoms with E-state index in [2.05, 4.69) is 30.5 Å². The molecule has 1 fully saturated rings. The lowest BCUT2D eigenvalue weighted by Crippen LogP contribution is -2.30. The number of nitrogens with two attached hydrogens (primary N) is 1. The molecule has 14 heavy (non-hydrogen) atoms. The smallest absolute Gasteiger partial charge is 0.0918 e. The SMILES string of the molecule is CC1(C)CCN(CCC(=N)N)CCS1. The number of hydrogen-bond donors (Lipinski definition) is 2. The molecule has 4 heteroatoms. The second kappa shape index (κ2) is 5.03. The standard InChI is InChI=1S/C10H21N3S/c1-10(2)4-6-13(7-8-14-10)5-3-9(11)12/h3-8H2,1-2H3,(H3,11,12). The largest absolute Gasteiger partial charge is 0.388 e. The lowest BCUT2D eigenvalue weighted by Gasteiger charge is -2.22. The fraction of sp³-hybridized carbons (Fsp3) is 0.900. The summed E-state index contributed by atoms with van der Waals surface area (Å²) in [5.74, 6) is 1.51. The highest BCUT2D eigenvalue weighted by Crippen LogP contribution is 2.30. The molecule has 0 aromatic heterocycles. The highest BCUT2D eigenvalue weighted by atomic mass is 32.2. The van der Waals surface area contributed by atoms with Gasteiger partial charge in [-0.05, 0) is 13.0 Å². The monoisotopic (exact) mass is 215 g/mol.